The molecule has 0 bridgehead atoms. The maximum absolute atomic E-state index is 12.7. The van der Waals surface area contributed by atoms with Crippen molar-refractivity contribution in [3.8, 4) is 5.75 Å². The molecular weight excluding hydrogens is 280 g/mol. The fourth-order valence-corrected chi connectivity index (χ4v) is 3.73. The van der Waals surface area contributed by atoms with Crippen molar-refractivity contribution >= 4 is 31.5 Å². The van der Waals surface area contributed by atoms with E-state index in [9.17, 15) is 4.79 Å². The van der Waals surface area contributed by atoms with Crippen LogP contribution in [0.15, 0.2) is 35.1 Å². The molecule has 0 aliphatic heterocycles. The van der Waals surface area contributed by atoms with Crippen molar-refractivity contribution in [2.24, 2.45) is 0 Å². The van der Waals surface area contributed by atoms with Gasteiger partial charge in [0, 0.05) is 20.2 Å². The molecule has 21 heavy (non-hydrogen) atoms. The number of fused-ring (bicyclic) bond motifs is 2. The van der Waals surface area contributed by atoms with Crippen LogP contribution in [-0.4, -0.2) is 6.61 Å². The van der Waals surface area contributed by atoms with E-state index in [0.717, 1.165) is 43.5 Å². The average Bonchev–Trinajstić information content (AvgIpc) is 2.50. The fourth-order valence-electron chi connectivity index (χ4n) is 2.52. The maximum atomic E-state index is 12.7. The van der Waals surface area contributed by atoms with Gasteiger partial charge in [-0.25, -0.2) is 0 Å². The highest BCUT2D eigenvalue weighted by molar-refractivity contribution is 7.24. The van der Waals surface area contributed by atoms with Gasteiger partial charge < -0.3 is 4.74 Å². The minimum Gasteiger partial charge on any atom is -0.493 e. The highest BCUT2D eigenvalue weighted by Crippen LogP contribution is 2.33. The van der Waals surface area contributed by atoms with Gasteiger partial charge in [-0.1, -0.05) is 19.1 Å². The lowest BCUT2D eigenvalue weighted by molar-refractivity contribution is 0.315. The van der Waals surface area contributed by atoms with E-state index in [0.29, 0.717) is 6.61 Å². The molecule has 3 rings (SSSR count). The van der Waals surface area contributed by atoms with Gasteiger partial charge in [0.25, 0.3) is 0 Å². The van der Waals surface area contributed by atoms with Crippen LogP contribution in [0.25, 0.3) is 20.2 Å². The lowest BCUT2D eigenvalue weighted by atomic mass is 10.1. The van der Waals surface area contributed by atoms with Gasteiger partial charge in [-0.05, 0) is 49.6 Å². The number of hydrogen-bond donors (Lipinski definition) is 0. The standard InChI is InChI=1S/C18H18O2S/c1-4-9-20-15-10-14-17(19)13-7-5-6-8-16(13)21-18(14)12(3)11(15)2/h5-8,10H,4,9H2,1-3H3. The quantitative estimate of drug-likeness (QED) is 0.648. The zero-order valence-electron chi connectivity index (χ0n) is 12.5. The monoisotopic (exact) mass is 298 g/mol. The smallest absolute Gasteiger partial charge is 0.196 e. The van der Waals surface area contributed by atoms with E-state index in [4.69, 9.17) is 4.74 Å². The van der Waals surface area contributed by atoms with Gasteiger partial charge in [0.05, 0.1) is 6.61 Å². The molecule has 3 aromatic rings. The van der Waals surface area contributed by atoms with Crippen LogP contribution in [0.5, 0.6) is 5.75 Å². The second-order valence-electron chi connectivity index (χ2n) is 5.28. The third-order valence-electron chi connectivity index (χ3n) is 3.84. The Hall–Kier alpha value is -1.87. The maximum Gasteiger partial charge on any atom is 0.196 e. The van der Waals surface area contributed by atoms with Crippen molar-refractivity contribution in [3.05, 3.63) is 51.7 Å². The topological polar surface area (TPSA) is 26.3 Å². The molecule has 108 valence electrons. The first-order valence-electron chi connectivity index (χ1n) is 7.22. The molecule has 0 radical (unpaired) electrons. The van der Waals surface area contributed by atoms with E-state index in [1.54, 1.807) is 11.3 Å². The summed E-state index contributed by atoms with van der Waals surface area (Å²) in [5, 5.41) is 1.56. The van der Waals surface area contributed by atoms with Crippen LogP contribution in [-0.2, 0) is 0 Å². The van der Waals surface area contributed by atoms with Crippen LogP contribution in [0.2, 0.25) is 0 Å². The van der Waals surface area contributed by atoms with Gasteiger partial charge >= 0.3 is 0 Å². The molecule has 0 saturated carbocycles. The molecule has 0 N–H and O–H groups in total. The highest BCUT2D eigenvalue weighted by atomic mass is 32.1. The third kappa shape index (κ3) is 2.32. The second-order valence-corrected chi connectivity index (χ2v) is 6.33. The van der Waals surface area contributed by atoms with E-state index < -0.39 is 0 Å². The van der Waals surface area contributed by atoms with Gasteiger partial charge in [0.15, 0.2) is 5.43 Å². The molecule has 2 aromatic carbocycles. The minimum atomic E-state index is 0.101. The summed E-state index contributed by atoms with van der Waals surface area (Å²) in [6.07, 6.45) is 0.959. The number of aryl methyl sites for hydroxylation is 1. The number of benzene rings is 2. The first-order valence-corrected chi connectivity index (χ1v) is 8.03. The molecule has 0 fully saturated rings. The lowest BCUT2D eigenvalue weighted by Crippen LogP contribution is -2.05. The minimum absolute atomic E-state index is 0.101. The summed E-state index contributed by atoms with van der Waals surface area (Å²) in [6.45, 7) is 6.89. The molecule has 0 spiro atoms. The van der Waals surface area contributed by atoms with Crippen LogP contribution in [0.3, 0.4) is 0 Å². The molecule has 0 unspecified atom stereocenters. The molecule has 1 aromatic heterocycles. The van der Waals surface area contributed by atoms with Gasteiger partial charge in [0.2, 0.25) is 0 Å². The first-order chi connectivity index (χ1) is 10.1. The Bertz CT molecular complexity index is 878. The van der Waals surface area contributed by atoms with Crippen molar-refractivity contribution in [2.45, 2.75) is 27.2 Å². The van der Waals surface area contributed by atoms with Crippen LogP contribution in [0.4, 0.5) is 0 Å². The van der Waals surface area contributed by atoms with Crippen LogP contribution >= 0.6 is 11.3 Å². The molecule has 1 heterocycles. The first kappa shape index (κ1) is 14.1. The summed E-state index contributed by atoms with van der Waals surface area (Å²) in [5.41, 5.74) is 2.37. The summed E-state index contributed by atoms with van der Waals surface area (Å²) in [6, 6.07) is 9.72. The predicted octanol–water partition coefficient (Wildman–Crippen LogP) is 4.82. The second kappa shape index (κ2) is 5.49. The molecule has 0 aliphatic rings. The van der Waals surface area contributed by atoms with Crippen LogP contribution in [0, 0.1) is 13.8 Å². The van der Waals surface area contributed by atoms with E-state index in [1.165, 1.54) is 0 Å². The number of hydrogen-bond acceptors (Lipinski definition) is 3. The largest absolute Gasteiger partial charge is 0.493 e. The normalized spacial score (nSPS) is 11.2. The fraction of sp³-hybridized carbons (Fsp3) is 0.278. The number of ether oxygens (including phenoxy) is 1. The Kier molecular flexibility index (Phi) is 3.68. The Labute approximate surface area is 128 Å². The summed E-state index contributed by atoms with van der Waals surface area (Å²) < 4.78 is 7.92. The van der Waals surface area contributed by atoms with Gasteiger partial charge in [-0.3, -0.25) is 4.79 Å². The Morgan fingerprint density at radius 3 is 2.62 bits per heavy atom. The Balaban J connectivity index is 2.38. The Morgan fingerprint density at radius 1 is 1.10 bits per heavy atom. The Morgan fingerprint density at radius 2 is 1.86 bits per heavy atom. The van der Waals surface area contributed by atoms with E-state index in [1.807, 2.05) is 30.3 Å². The van der Waals surface area contributed by atoms with Gasteiger partial charge in [0.1, 0.15) is 5.75 Å². The molecule has 0 atom stereocenters. The summed E-state index contributed by atoms with van der Waals surface area (Å²) >= 11 is 1.68. The summed E-state index contributed by atoms with van der Waals surface area (Å²) in [5.74, 6) is 0.835. The van der Waals surface area contributed by atoms with Crippen molar-refractivity contribution in [1.29, 1.82) is 0 Å². The van der Waals surface area contributed by atoms with E-state index >= 15 is 0 Å². The van der Waals surface area contributed by atoms with Crippen molar-refractivity contribution in [2.75, 3.05) is 6.61 Å². The zero-order valence-corrected chi connectivity index (χ0v) is 13.3. The number of rotatable bonds is 3. The molecule has 0 aliphatic carbocycles. The molecular formula is C18H18O2S. The third-order valence-corrected chi connectivity index (χ3v) is 5.15. The summed E-state index contributed by atoms with van der Waals surface area (Å²) in [7, 11) is 0. The van der Waals surface area contributed by atoms with Gasteiger partial charge in [-0.2, -0.15) is 0 Å². The SMILES string of the molecule is CCCOc1cc2c(=O)c3ccccc3sc2c(C)c1C. The highest BCUT2D eigenvalue weighted by Gasteiger charge is 2.13. The zero-order chi connectivity index (χ0) is 15.0. The lowest BCUT2D eigenvalue weighted by Gasteiger charge is -2.13. The average molecular weight is 298 g/mol. The van der Waals surface area contributed by atoms with Crippen molar-refractivity contribution in [3.63, 3.8) is 0 Å². The van der Waals surface area contributed by atoms with Crippen LogP contribution < -0.4 is 10.2 Å². The van der Waals surface area contributed by atoms with Crippen molar-refractivity contribution in [1.82, 2.24) is 0 Å². The van der Waals surface area contributed by atoms with Gasteiger partial charge in [-0.15, -0.1) is 11.3 Å². The molecule has 3 heteroatoms. The summed E-state index contributed by atoms with van der Waals surface area (Å²) in [4.78, 5) is 12.7. The molecule has 0 saturated heterocycles. The van der Waals surface area contributed by atoms with E-state index in [-0.39, 0.29) is 5.43 Å². The van der Waals surface area contributed by atoms with Crippen LogP contribution in [0.1, 0.15) is 24.5 Å². The molecule has 2 nitrogen and oxygen atoms in total. The van der Waals surface area contributed by atoms with Crippen molar-refractivity contribution < 1.29 is 4.74 Å². The predicted molar refractivity (Wildman–Crippen MR) is 90.9 cm³/mol. The molecule has 0 amide bonds. The van der Waals surface area contributed by atoms with E-state index in [2.05, 4.69) is 20.8 Å².